The van der Waals surface area contributed by atoms with E-state index < -0.39 is 5.97 Å². The maximum absolute atomic E-state index is 11.0. The van der Waals surface area contributed by atoms with Gasteiger partial charge in [-0.15, -0.1) is 0 Å². The molecule has 2 rings (SSSR count). The van der Waals surface area contributed by atoms with Gasteiger partial charge in [-0.2, -0.15) is 0 Å². The van der Waals surface area contributed by atoms with Gasteiger partial charge in [0.05, 0.1) is 12.1 Å². The van der Waals surface area contributed by atoms with Gasteiger partial charge in [-0.3, -0.25) is 0 Å². The fraction of sp³-hybridized carbons (Fsp3) is 0.214. The number of hydrogen-bond acceptors (Lipinski definition) is 3. The molecule has 0 saturated heterocycles. The zero-order valence-electron chi connectivity index (χ0n) is 10.1. The molecule has 4 heteroatoms. The third-order valence-electron chi connectivity index (χ3n) is 2.66. The fourth-order valence-electron chi connectivity index (χ4n) is 1.78. The molecule has 0 bridgehead atoms. The Balaban J connectivity index is 1.96. The molecule has 4 nitrogen and oxygen atoms in total. The average Bonchev–Trinajstić information content (AvgIpc) is 2.75. The number of carbonyl (C=O) groups is 1. The van der Waals surface area contributed by atoms with E-state index in [1.54, 1.807) is 12.1 Å². The lowest BCUT2D eigenvalue weighted by atomic mass is 10.1. The van der Waals surface area contributed by atoms with Crippen LogP contribution in [0.15, 0.2) is 40.8 Å². The van der Waals surface area contributed by atoms with Crippen LogP contribution in [0, 0.1) is 6.92 Å². The fourth-order valence-corrected chi connectivity index (χ4v) is 1.78. The van der Waals surface area contributed by atoms with E-state index in [2.05, 4.69) is 5.32 Å². The Morgan fingerprint density at radius 2 is 2.00 bits per heavy atom. The maximum Gasteiger partial charge on any atom is 0.336 e. The zero-order chi connectivity index (χ0) is 13.0. The van der Waals surface area contributed by atoms with Crippen molar-refractivity contribution in [1.29, 1.82) is 0 Å². The van der Waals surface area contributed by atoms with E-state index in [1.807, 2.05) is 31.2 Å². The van der Waals surface area contributed by atoms with Gasteiger partial charge in [-0.25, -0.2) is 4.79 Å². The quantitative estimate of drug-likeness (QED) is 0.849. The maximum atomic E-state index is 11.0. The van der Waals surface area contributed by atoms with Crippen molar-refractivity contribution in [3.05, 3.63) is 59.0 Å². The van der Waals surface area contributed by atoms with Crippen molar-refractivity contribution < 1.29 is 14.3 Å². The summed E-state index contributed by atoms with van der Waals surface area (Å²) < 4.78 is 5.42. The van der Waals surface area contributed by atoms with Crippen LogP contribution in [0.3, 0.4) is 0 Å². The summed E-state index contributed by atoms with van der Waals surface area (Å²) in [6, 6.07) is 10.8. The first-order valence-electron chi connectivity index (χ1n) is 5.74. The Hall–Kier alpha value is -2.07. The van der Waals surface area contributed by atoms with Gasteiger partial charge in [0.2, 0.25) is 0 Å². The molecule has 0 atom stereocenters. The van der Waals surface area contributed by atoms with Crippen molar-refractivity contribution >= 4 is 5.97 Å². The van der Waals surface area contributed by atoms with Gasteiger partial charge in [0.15, 0.2) is 0 Å². The molecule has 1 aromatic heterocycles. The van der Waals surface area contributed by atoms with Gasteiger partial charge in [-0.05, 0) is 30.7 Å². The largest absolute Gasteiger partial charge is 0.478 e. The highest BCUT2D eigenvalue weighted by Gasteiger charge is 2.08. The summed E-state index contributed by atoms with van der Waals surface area (Å²) in [7, 11) is 0. The van der Waals surface area contributed by atoms with Crippen LogP contribution >= 0.6 is 0 Å². The van der Waals surface area contributed by atoms with E-state index in [0.717, 1.165) is 17.1 Å². The topological polar surface area (TPSA) is 62.5 Å². The molecule has 0 aliphatic rings. The number of benzene rings is 1. The molecule has 94 valence electrons. The number of furan rings is 1. The van der Waals surface area contributed by atoms with Crippen molar-refractivity contribution in [2.75, 3.05) is 0 Å². The Kier molecular flexibility index (Phi) is 3.79. The Bertz CT molecular complexity index is 545. The summed E-state index contributed by atoms with van der Waals surface area (Å²) in [6.07, 6.45) is 0. The monoisotopic (exact) mass is 245 g/mol. The first-order chi connectivity index (χ1) is 8.66. The highest BCUT2D eigenvalue weighted by atomic mass is 16.4. The first-order valence-corrected chi connectivity index (χ1v) is 5.74. The van der Waals surface area contributed by atoms with Crippen LogP contribution in [0.4, 0.5) is 0 Å². The second-order valence-electron chi connectivity index (χ2n) is 4.08. The molecule has 0 aliphatic heterocycles. The standard InChI is InChI=1S/C14H15NO3/c1-10-6-7-12(18-10)9-15-8-11-4-2-3-5-13(11)14(16)17/h2-7,15H,8-9H2,1H3,(H,16,17). The van der Waals surface area contributed by atoms with Crippen LogP contribution in [0.25, 0.3) is 0 Å². The van der Waals surface area contributed by atoms with Crippen molar-refractivity contribution in [3.63, 3.8) is 0 Å². The Morgan fingerprint density at radius 1 is 1.22 bits per heavy atom. The third kappa shape index (κ3) is 2.99. The van der Waals surface area contributed by atoms with Gasteiger partial charge in [-0.1, -0.05) is 18.2 Å². The molecule has 0 spiro atoms. The van der Waals surface area contributed by atoms with Crippen molar-refractivity contribution in [2.45, 2.75) is 20.0 Å². The number of carboxylic acid groups (broad SMARTS) is 1. The summed E-state index contributed by atoms with van der Waals surface area (Å²) in [5.74, 6) is 0.819. The molecule has 18 heavy (non-hydrogen) atoms. The van der Waals surface area contributed by atoms with E-state index in [0.29, 0.717) is 18.7 Å². The highest BCUT2D eigenvalue weighted by molar-refractivity contribution is 5.89. The van der Waals surface area contributed by atoms with Crippen LogP contribution in [0.1, 0.15) is 27.4 Å². The molecule has 0 amide bonds. The number of carboxylic acids is 1. The lowest BCUT2D eigenvalue weighted by Crippen LogP contribution is -2.15. The molecule has 0 fully saturated rings. The summed E-state index contributed by atoms with van der Waals surface area (Å²) >= 11 is 0. The number of aryl methyl sites for hydroxylation is 1. The van der Waals surface area contributed by atoms with Crippen molar-refractivity contribution in [3.8, 4) is 0 Å². The zero-order valence-corrected chi connectivity index (χ0v) is 10.1. The van der Waals surface area contributed by atoms with Crippen molar-refractivity contribution in [1.82, 2.24) is 5.32 Å². The molecule has 2 aromatic rings. The first kappa shape index (κ1) is 12.4. The molecule has 0 saturated carbocycles. The molecule has 0 unspecified atom stereocenters. The van der Waals surface area contributed by atoms with Gasteiger partial charge < -0.3 is 14.8 Å². The van der Waals surface area contributed by atoms with Crippen LogP contribution in [0.2, 0.25) is 0 Å². The summed E-state index contributed by atoms with van der Waals surface area (Å²) in [5.41, 5.74) is 1.11. The lowest BCUT2D eigenvalue weighted by Gasteiger charge is -2.06. The molecule has 1 aromatic carbocycles. The molecular formula is C14H15NO3. The smallest absolute Gasteiger partial charge is 0.336 e. The predicted octanol–water partition coefficient (Wildman–Crippen LogP) is 2.58. The summed E-state index contributed by atoms with van der Waals surface area (Å²) in [4.78, 5) is 11.0. The average molecular weight is 245 g/mol. The lowest BCUT2D eigenvalue weighted by molar-refractivity contribution is 0.0695. The van der Waals surface area contributed by atoms with Gasteiger partial charge in [0.25, 0.3) is 0 Å². The number of nitrogens with one attached hydrogen (secondary N) is 1. The summed E-state index contributed by atoms with van der Waals surface area (Å²) in [6.45, 7) is 2.98. The van der Waals surface area contributed by atoms with Crippen molar-refractivity contribution in [2.24, 2.45) is 0 Å². The van der Waals surface area contributed by atoms with Crippen LogP contribution < -0.4 is 5.32 Å². The number of hydrogen-bond donors (Lipinski definition) is 2. The molecule has 2 N–H and O–H groups in total. The Labute approximate surface area is 105 Å². The second kappa shape index (κ2) is 5.51. The minimum atomic E-state index is -0.902. The predicted molar refractivity (Wildman–Crippen MR) is 67.4 cm³/mol. The number of rotatable bonds is 5. The number of aromatic carboxylic acids is 1. The minimum absolute atomic E-state index is 0.334. The van der Waals surface area contributed by atoms with Crippen LogP contribution in [0.5, 0.6) is 0 Å². The molecule has 0 radical (unpaired) electrons. The highest BCUT2D eigenvalue weighted by Crippen LogP contribution is 2.10. The molecule has 1 heterocycles. The van der Waals surface area contributed by atoms with E-state index in [4.69, 9.17) is 9.52 Å². The van der Waals surface area contributed by atoms with Crippen LogP contribution in [-0.4, -0.2) is 11.1 Å². The van der Waals surface area contributed by atoms with Crippen LogP contribution in [-0.2, 0) is 13.1 Å². The minimum Gasteiger partial charge on any atom is -0.478 e. The molecular weight excluding hydrogens is 230 g/mol. The summed E-state index contributed by atoms with van der Waals surface area (Å²) in [5, 5.41) is 12.2. The SMILES string of the molecule is Cc1ccc(CNCc2ccccc2C(=O)O)o1. The molecule has 0 aliphatic carbocycles. The Morgan fingerprint density at radius 3 is 2.67 bits per heavy atom. The van der Waals surface area contributed by atoms with Gasteiger partial charge >= 0.3 is 5.97 Å². The second-order valence-corrected chi connectivity index (χ2v) is 4.08. The van der Waals surface area contributed by atoms with E-state index in [1.165, 1.54) is 0 Å². The van der Waals surface area contributed by atoms with E-state index >= 15 is 0 Å². The van der Waals surface area contributed by atoms with Gasteiger partial charge in [0.1, 0.15) is 11.5 Å². The normalized spacial score (nSPS) is 10.5. The van der Waals surface area contributed by atoms with Gasteiger partial charge in [0, 0.05) is 6.54 Å². The van der Waals surface area contributed by atoms with E-state index in [-0.39, 0.29) is 0 Å². The third-order valence-corrected chi connectivity index (χ3v) is 2.66. The van der Waals surface area contributed by atoms with E-state index in [9.17, 15) is 4.79 Å².